The highest BCUT2D eigenvalue weighted by atomic mass is 32.1. The van der Waals surface area contributed by atoms with Crippen LogP contribution in [0.4, 0.5) is 0 Å². The summed E-state index contributed by atoms with van der Waals surface area (Å²) in [5, 5.41) is 4.98. The minimum atomic E-state index is 0.314. The van der Waals surface area contributed by atoms with Crippen molar-refractivity contribution in [3.63, 3.8) is 0 Å². The largest absolute Gasteiger partial charge is 0.486 e. The Balaban J connectivity index is 1.77. The molecular weight excluding hydrogens is 428 g/mol. The van der Waals surface area contributed by atoms with Gasteiger partial charge in [0.05, 0.1) is 6.67 Å². The average Bonchev–Trinajstić information content (AvgIpc) is 3.55. The average molecular weight is 473 g/mol. The Morgan fingerprint density at radius 3 is 2.45 bits per heavy atom. The number of aryl methyl sites for hydroxylation is 1. The van der Waals surface area contributed by atoms with Gasteiger partial charge in [-0.3, -0.25) is 9.47 Å². The molecule has 0 spiro atoms. The molecule has 1 unspecified atom stereocenters. The molecule has 1 atom stereocenters. The van der Waals surface area contributed by atoms with Crippen molar-refractivity contribution >= 4 is 12.2 Å². The van der Waals surface area contributed by atoms with Crippen LogP contribution in [0.3, 0.4) is 0 Å². The van der Waals surface area contributed by atoms with Crippen molar-refractivity contribution < 1.29 is 4.74 Å². The molecule has 0 N–H and O–H groups in total. The number of hydrogen-bond donors (Lipinski definition) is 0. The zero-order chi connectivity index (χ0) is 23.8. The fourth-order valence-electron chi connectivity index (χ4n) is 4.41. The van der Waals surface area contributed by atoms with Crippen LogP contribution in [0.1, 0.15) is 90.6 Å². The molecule has 0 radical (unpaired) electrons. The molecular formula is C27H44N4OS. The SMILES string of the molecule is CCCN(CC1CC1)Cn1nc(COc2ccc(CC)cc2)n(C(C)CCCC(C)C)c1=S. The standard InChI is InChI=1S/C27H44N4OS/c1-6-17-29(18-24-11-12-24)20-30-27(33)31(22(5)10-8-9-21(3)4)26(28-30)19-32-25-15-13-23(7-2)14-16-25/h13-16,21-22,24H,6-12,17-20H2,1-5H3. The van der Waals surface area contributed by atoms with Gasteiger partial charge >= 0.3 is 0 Å². The Morgan fingerprint density at radius 1 is 1.12 bits per heavy atom. The molecule has 1 aromatic carbocycles. The third-order valence-electron chi connectivity index (χ3n) is 6.57. The first-order chi connectivity index (χ1) is 15.9. The summed E-state index contributed by atoms with van der Waals surface area (Å²) in [6.07, 6.45) is 8.47. The van der Waals surface area contributed by atoms with Crippen molar-refractivity contribution in [2.75, 3.05) is 13.1 Å². The number of aromatic nitrogens is 3. The van der Waals surface area contributed by atoms with Crippen LogP contribution >= 0.6 is 12.2 Å². The summed E-state index contributed by atoms with van der Waals surface area (Å²) in [6.45, 7) is 14.7. The predicted octanol–water partition coefficient (Wildman–Crippen LogP) is 7.02. The molecule has 3 rings (SSSR count). The van der Waals surface area contributed by atoms with Gasteiger partial charge in [-0.1, -0.05) is 52.7 Å². The molecule has 0 saturated heterocycles. The third kappa shape index (κ3) is 7.96. The maximum absolute atomic E-state index is 6.16. The highest BCUT2D eigenvalue weighted by molar-refractivity contribution is 7.71. The van der Waals surface area contributed by atoms with Crippen LogP contribution in [0.15, 0.2) is 24.3 Å². The normalized spacial score (nSPS) is 14.9. The van der Waals surface area contributed by atoms with Crippen molar-refractivity contribution in [3.8, 4) is 5.75 Å². The van der Waals surface area contributed by atoms with E-state index in [1.165, 1.54) is 31.2 Å². The zero-order valence-corrected chi connectivity index (χ0v) is 22.2. The maximum atomic E-state index is 6.16. The topological polar surface area (TPSA) is 35.2 Å². The van der Waals surface area contributed by atoms with Crippen LogP contribution in [0, 0.1) is 16.6 Å². The van der Waals surface area contributed by atoms with Crippen LogP contribution in [0.2, 0.25) is 0 Å². The van der Waals surface area contributed by atoms with E-state index in [2.05, 4.69) is 68.4 Å². The molecule has 1 fully saturated rings. The first kappa shape index (κ1) is 26.0. The monoisotopic (exact) mass is 472 g/mol. The number of hydrogen-bond acceptors (Lipinski definition) is 4. The third-order valence-corrected chi connectivity index (χ3v) is 6.98. The summed E-state index contributed by atoms with van der Waals surface area (Å²) in [6, 6.07) is 8.69. The second-order valence-corrected chi connectivity index (χ2v) is 10.6. The van der Waals surface area contributed by atoms with Crippen molar-refractivity contribution in [1.82, 2.24) is 19.2 Å². The molecule has 1 aromatic heterocycles. The lowest BCUT2D eigenvalue weighted by molar-refractivity contribution is 0.196. The van der Waals surface area contributed by atoms with Crippen molar-refractivity contribution in [2.45, 2.75) is 98.9 Å². The molecule has 184 valence electrons. The second kappa shape index (κ2) is 12.7. The molecule has 1 aliphatic rings. The lowest BCUT2D eigenvalue weighted by atomic mass is 10.0. The Morgan fingerprint density at radius 2 is 1.85 bits per heavy atom. The van der Waals surface area contributed by atoms with Gasteiger partial charge in [0.25, 0.3) is 0 Å². The molecule has 5 nitrogen and oxygen atoms in total. The van der Waals surface area contributed by atoms with Crippen molar-refractivity contribution in [1.29, 1.82) is 0 Å². The van der Waals surface area contributed by atoms with Crippen molar-refractivity contribution in [2.24, 2.45) is 11.8 Å². The minimum absolute atomic E-state index is 0.314. The summed E-state index contributed by atoms with van der Waals surface area (Å²) in [5.74, 6) is 3.40. The first-order valence-electron chi connectivity index (χ1n) is 13.0. The fraction of sp³-hybridized carbons (Fsp3) is 0.704. The van der Waals surface area contributed by atoms with E-state index in [-0.39, 0.29) is 0 Å². The Hall–Kier alpha value is -1.66. The number of rotatable bonds is 15. The zero-order valence-electron chi connectivity index (χ0n) is 21.4. The summed E-state index contributed by atoms with van der Waals surface area (Å²) >= 11 is 5.97. The molecule has 33 heavy (non-hydrogen) atoms. The Bertz CT molecular complexity index is 898. The van der Waals surface area contributed by atoms with E-state index in [9.17, 15) is 0 Å². The van der Waals surface area contributed by atoms with Crippen molar-refractivity contribution in [3.05, 3.63) is 40.4 Å². The molecule has 6 heteroatoms. The molecule has 1 aliphatic carbocycles. The van der Waals surface area contributed by atoms with Gasteiger partial charge in [0, 0.05) is 12.6 Å². The summed E-state index contributed by atoms with van der Waals surface area (Å²) in [4.78, 5) is 2.52. The van der Waals surface area contributed by atoms with E-state index in [0.717, 1.165) is 67.2 Å². The number of nitrogens with zero attached hydrogens (tertiary/aromatic N) is 4. The predicted molar refractivity (Wildman–Crippen MR) is 139 cm³/mol. The van der Waals surface area contributed by atoms with E-state index in [4.69, 9.17) is 22.1 Å². The summed E-state index contributed by atoms with van der Waals surface area (Å²) in [7, 11) is 0. The van der Waals surface area contributed by atoms with E-state index < -0.39 is 0 Å². The number of benzene rings is 1. The Labute approximate surface area is 206 Å². The maximum Gasteiger partial charge on any atom is 0.199 e. The number of ether oxygens (including phenoxy) is 1. The second-order valence-electron chi connectivity index (χ2n) is 10.2. The van der Waals surface area contributed by atoms with E-state index >= 15 is 0 Å². The first-order valence-corrected chi connectivity index (χ1v) is 13.4. The highest BCUT2D eigenvalue weighted by Gasteiger charge is 2.25. The summed E-state index contributed by atoms with van der Waals surface area (Å²) in [5.41, 5.74) is 1.32. The van der Waals surface area contributed by atoms with Gasteiger partial charge in [-0.05, 0) is 87.3 Å². The van der Waals surface area contributed by atoms with E-state index in [1.807, 2.05) is 4.68 Å². The lowest BCUT2D eigenvalue weighted by Gasteiger charge is -2.21. The lowest BCUT2D eigenvalue weighted by Crippen LogP contribution is -2.30. The van der Waals surface area contributed by atoms with Crippen LogP contribution < -0.4 is 4.74 Å². The smallest absolute Gasteiger partial charge is 0.199 e. The van der Waals surface area contributed by atoms with Gasteiger partial charge in [-0.15, -0.1) is 0 Å². The summed E-state index contributed by atoms with van der Waals surface area (Å²) < 4.78 is 11.3. The molecule has 2 aromatic rings. The van der Waals surface area contributed by atoms with Crippen LogP contribution in [0.5, 0.6) is 5.75 Å². The minimum Gasteiger partial charge on any atom is -0.486 e. The van der Waals surface area contributed by atoms with E-state index in [0.29, 0.717) is 12.6 Å². The molecule has 0 bridgehead atoms. The quantitative estimate of drug-likeness (QED) is 0.261. The van der Waals surface area contributed by atoms with Gasteiger partial charge in [0.2, 0.25) is 0 Å². The fourth-order valence-corrected chi connectivity index (χ4v) is 4.79. The van der Waals surface area contributed by atoms with Crippen LogP contribution in [-0.2, 0) is 19.7 Å². The highest BCUT2D eigenvalue weighted by Crippen LogP contribution is 2.30. The molecule has 1 heterocycles. The van der Waals surface area contributed by atoms with Crippen LogP contribution in [-0.4, -0.2) is 32.3 Å². The van der Waals surface area contributed by atoms with Gasteiger partial charge in [-0.25, -0.2) is 4.68 Å². The van der Waals surface area contributed by atoms with Gasteiger partial charge in [0.1, 0.15) is 12.4 Å². The van der Waals surface area contributed by atoms with Crippen LogP contribution in [0.25, 0.3) is 0 Å². The molecule has 0 aliphatic heterocycles. The van der Waals surface area contributed by atoms with Gasteiger partial charge < -0.3 is 4.74 Å². The van der Waals surface area contributed by atoms with Gasteiger partial charge in [0.15, 0.2) is 10.6 Å². The molecule has 1 saturated carbocycles. The Kier molecular flexibility index (Phi) is 9.99. The van der Waals surface area contributed by atoms with Gasteiger partial charge in [-0.2, -0.15) is 5.10 Å². The molecule has 0 amide bonds. The van der Waals surface area contributed by atoms with E-state index in [1.54, 1.807) is 0 Å².